The van der Waals surface area contributed by atoms with E-state index >= 15 is 0 Å². The van der Waals surface area contributed by atoms with Crippen molar-refractivity contribution in [2.45, 2.75) is 69.0 Å². The van der Waals surface area contributed by atoms with Crippen LogP contribution >= 0.6 is 23.1 Å². The molecule has 5 nitrogen and oxygen atoms in total. The number of aromatic nitrogens is 3. The van der Waals surface area contributed by atoms with Crippen molar-refractivity contribution in [1.29, 1.82) is 0 Å². The van der Waals surface area contributed by atoms with Crippen LogP contribution in [-0.4, -0.2) is 33.5 Å². The molecule has 0 atom stereocenters. The fourth-order valence-corrected chi connectivity index (χ4v) is 4.91. The third-order valence-corrected chi connectivity index (χ3v) is 6.49. The third-order valence-electron chi connectivity index (χ3n) is 4.91. The number of rotatable bonds is 10. The first kappa shape index (κ1) is 19.4. The first-order chi connectivity index (χ1) is 12.8. The molecule has 142 valence electrons. The SMILES string of the molecule is CSc1nnc(CCCNC(=O)CCCc2cccs2)n1C1CCCC1. The summed E-state index contributed by atoms with van der Waals surface area (Å²) in [5.41, 5.74) is 0. The first-order valence-electron chi connectivity index (χ1n) is 9.55. The molecule has 0 spiro atoms. The number of hydrogen-bond donors (Lipinski definition) is 1. The molecular formula is C19H28N4OS2. The van der Waals surface area contributed by atoms with Crippen molar-refractivity contribution < 1.29 is 4.79 Å². The van der Waals surface area contributed by atoms with Crippen molar-refractivity contribution in [2.24, 2.45) is 0 Å². The molecule has 1 fully saturated rings. The van der Waals surface area contributed by atoms with Gasteiger partial charge in [-0.25, -0.2) is 0 Å². The maximum atomic E-state index is 12.0. The van der Waals surface area contributed by atoms with E-state index in [9.17, 15) is 4.79 Å². The summed E-state index contributed by atoms with van der Waals surface area (Å²) in [5.74, 6) is 1.23. The Hall–Kier alpha value is -1.34. The number of thioether (sulfide) groups is 1. The zero-order chi connectivity index (χ0) is 18.2. The Morgan fingerprint density at radius 2 is 2.15 bits per heavy atom. The van der Waals surface area contributed by atoms with Crippen LogP contribution in [0.15, 0.2) is 22.7 Å². The van der Waals surface area contributed by atoms with Crippen LogP contribution in [0.4, 0.5) is 0 Å². The normalized spacial score (nSPS) is 14.8. The first-order valence-corrected chi connectivity index (χ1v) is 11.6. The Labute approximate surface area is 164 Å². The second kappa shape index (κ2) is 10.1. The average molecular weight is 393 g/mol. The van der Waals surface area contributed by atoms with Crippen LogP contribution in [0, 0.1) is 0 Å². The number of carbonyl (C=O) groups is 1. The van der Waals surface area contributed by atoms with Crippen LogP contribution in [0.25, 0.3) is 0 Å². The van der Waals surface area contributed by atoms with Gasteiger partial charge < -0.3 is 9.88 Å². The lowest BCUT2D eigenvalue weighted by Gasteiger charge is -2.16. The number of nitrogens with one attached hydrogen (secondary N) is 1. The summed E-state index contributed by atoms with van der Waals surface area (Å²) < 4.78 is 2.35. The van der Waals surface area contributed by atoms with E-state index in [1.54, 1.807) is 23.1 Å². The molecule has 0 bridgehead atoms. The summed E-state index contributed by atoms with van der Waals surface area (Å²) in [5, 5.41) is 14.9. The standard InChI is InChI=1S/C19H28N4OS2/c1-25-19-22-21-17(23(19)15-7-2-3-8-15)11-5-13-20-18(24)12-4-9-16-10-6-14-26-16/h6,10,14-15H,2-5,7-9,11-13H2,1H3,(H,20,24). The predicted octanol–water partition coefficient (Wildman–Crippen LogP) is 4.25. The molecule has 0 aromatic carbocycles. The summed E-state index contributed by atoms with van der Waals surface area (Å²) in [7, 11) is 0. The zero-order valence-corrected chi connectivity index (χ0v) is 17.1. The molecule has 0 aliphatic heterocycles. The number of nitrogens with zero attached hydrogens (tertiary/aromatic N) is 3. The zero-order valence-electron chi connectivity index (χ0n) is 15.4. The van der Waals surface area contributed by atoms with Crippen LogP contribution in [0.3, 0.4) is 0 Å². The fraction of sp³-hybridized carbons (Fsp3) is 0.632. The second-order valence-electron chi connectivity index (χ2n) is 6.80. The Morgan fingerprint density at radius 1 is 1.31 bits per heavy atom. The van der Waals surface area contributed by atoms with E-state index in [-0.39, 0.29) is 5.91 Å². The van der Waals surface area contributed by atoms with Gasteiger partial charge in [0.15, 0.2) is 5.16 Å². The largest absolute Gasteiger partial charge is 0.356 e. The van der Waals surface area contributed by atoms with Crippen LogP contribution in [0.1, 0.15) is 61.7 Å². The van der Waals surface area contributed by atoms with Crippen molar-refractivity contribution in [3.8, 4) is 0 Å². The van der Waals surface area contributed by atoms with Gasteiger partial charge in [0.25, 0.3) is 0 Å². The van der Waals surface area contributed by atoms with E-state index in [1.807, 2.05) is 0 Å². The van der Waals surface area contributed by atoms with Gasteiger partial charge in [-0.3, -0.25) is 4.79 Å². The molecule has 1 aliphatic carbocycles. The van der Waals surface area contributed by atoms with Crippen molar-refractivity contribution in [1.82, 2.24) is 20.1 Å². The molecule has 1 N–H and O–H groups in total. The van der Waals surface area contributed by atoms with Crippen LogP contribution in [0.5, 0.6) is 0 Å². The summed E-state index contributed by atoms with van der Waals surface area (Å²) >= 11 is 3.44. The van der Waals surface area contributed by atoms with Crippen LogP contribution in [0.2, 0.25) is 0 Å². The molecule has 26 heavy (non-hydrogen) atoms. The molecule has 0 unspecified atom stereocenters. The van der Waals surface area contributed by atoms with Crippen molar-refractivity contribution >= 4 is 29.0 Å². The molecule has 3 rings (SSSR count). The van der Waals surface area contributed by atoms with Gasteiger partial charge in [0.05, 0.1) is 0 Å². The van der Waals surface area contributed by atoms with Gasteiger partial charge in [-0.05, 0) is 49.8 Å². The van der Waals surface area contributed by atoms with E-state index in [2.05, 4.69) is 43.8 Å². The van der Waals surface area contributed by atoms with Gasteiger partial charge in [-0.1, -0.05) is 30.7 Å². The number of amides is 1. The number of aryl methyl sites for hydroxylation is 2. The minimum atomic E-state index is 0.156. The number of hydrogen-bond acceptors (Lipinski definition) is 5. The third kappa shape index (κ3) is 5.33. The summed E-state index contributed by atoms with van der Waals surface area (Å²) in [6.45, 7) is 0.712. The Bertz CT molecular complexity index is 678. The monoisotopic (exact) mass is 392 g/mol. The van der Waals surface area contributed by atoms with Gasteiger partial charge in [0, 0.05) is 30.3 Å². The van der Waals surface area contributed by atoms with E-state index in [1.165, 1.54) is 30.6 Å². The lowest BCUT2D eigenvalue weighted by Crippen LogP contribution is -2.25. The Balaban J connectivity index is 1.38. The lowest BCUT2D eigenvalue weighted by atomic mass is 10.2. The molecule has 2 aromatic rings. The van der Waals surface area contributed by atoms with E-state index in [4.69, 9.17) is 0 Å². The summed E-state index contributed by atoms with van der Waals surface area (Å²) in [6, 6.07) is 4.76. The van der Waals surface area contributed by atoms with Gasteiger partial charge in [-0.15, -0.1) is 21.5 Å². The van der Waals surface area contributed by atoms with Crippen molar-refractivity contribution in [3.63, 3.8) is 0 Å². The van der Waals surface area contributed by atoms with Crippen molar-refractivity contribution in [2.75, 3.05) is 12.8 Å². The fourth-order valence-electron chi connectivity index (χ4n) is 3.59. The van der Waals surface area contributed by atoms with Gasteiger partial charge in [0.1, 0.15) is 5.82 Å². The summed E-state index contributed by atoms with van der Waals surface area (Å²) in [6.07, 6.45) is 11.4. The molecular weight excluding hydrogens is 364 g/mol. The molecule has 7 heteroatoms. The van der Waals surface area contributed by atoms with E-state index in [0.29, 0.717) is 19.0 Å². The molecule has 1 amide bonds. The Kier molecular flexibility index (Phi) is 7.55. The minimum absolute atomic E-state index is 0.156. The molecule has 1 aliphatic rings. The van der Waals surface area contributed by atoms with Crippen LogP contribution in [-0.2, 0) is 17.6 Å². The second-order valence-corrected chi connectivity index (χ2v) is 8.60. The smallest absolute Gasteiger partial charge is 0.220 e. The van der Waals surface area contributed by atoms with Gasteiger partial charge in [0.2, 0.25) is 5.91 Å². The highest BCUT2D eigenvalue weighted by atomic mass is 32.2. The minimum Gasteiger partial charge on any atom is -0.356 e. The van der Waals surface area contributed by atoms with Gasteiger partial charge in [-0.2, -0.15) is 0 Å². The van der Waals surface area contributed by atoms with Crippen molar-refractivity contribution in [3.05, 3.63) is 28.2 Å². The highest BCUT2D eigenvalue weighted by Gasteiger charge is 2.23. The molecule has 0 saturated heterocycles. The van der Waals surface area contributed by atoms with Gasteiger partial charge >= 0.3 is 0 Å². The molecule has 0 radical (unpaired) electrons. The maximum absolute atomic E-state index is 12.0. The predicted molar refractivity (Wildman–Crippen MR) is 108 cm³/mol. The van der Waals surface area contributed by atoms with Crippen LogP contribution < -0.4 is 5.32 Å². The quantitative estimate of drug-likeness (QED) is 0.485. The lowest BCUT2D eigenvalue weighted by molar-refractivity contribution is -0.121. The highest BCUT2D eigenvalue weighted by molar-refractivity contribution is 7.98. The van der Waals surface area contributed by atoms with E-state index in [0.717, 1.165) is 36.7 Å². The highest BCUT2D eigenvalue weighted by Crippen LogP contribution is 2.33. The average Bonchev–Trinajstić information content (AvgIpc) is 3.39. The topological polar surface area (TPSA) is 59.8 Å². The molecule has 1 saturated carbocycles. The molecule has 2 aromatic heterocycles. The number of carbonyl (C=O) groups excluding carboxylic acids is 1. The summed E-state index contributed by atoms with van der Waals surface area (Å²) in [4.78, 5) is 13.3. The van der Waals surface area contributed by atoms with E-state index < -0.39 is 0 Å². The molecule has 2 heterocycles. The Morgan fingerprint density at radius 3 is 2.88 bits per heavy atom. The maximum Gasteiger partial charge on any atom is 0.220 e. The number of thiophene rings is 1.